The number of halogens is 1. The molecule has 0 radical (unpaired) electrons. The second kappa shape index (κ2) is 5.78. The van der Waals surface area contributed by atoms with Gasteiger partial charge in [-0.05, 0) is 36.8 Å². The average molecular weight is 288 g/mol. The summed E-state index contributed by atoms with van der Waals surface area (Å²) >= 11 is 3.42. The van der Waals surface area contributed by atoms with Crippen molar-refractivity contribution in [3.8, 4) is 0 Å². The summed E-state index contributed by atoms with van der Waals surface area (Å²) in [4.78, 5) is 4.43. The van der Waals surface area contributed by atoms with Gasteiger partial charge >= 0.3 is 0 Å². The van der Waals surface area contributed by atoms with Crippen LogP contribution in [0.1, 0.15) is 11.1 Å². The van der Waals surface area contributed by atoms with Gasteiger partial charge in [-0.3, -0.25) is 4.99 Å². The molecule has 86 valence electrons. The molecule has 0 aliphatic rings. The van der Waals surface area contributed by atoms with Crippen molar-refractivity contribution in [1.29, 1.82) is 0 Å². The monoisotopic (exact) mass is 287 g/mol. The van der Waals surface area contributed by atoms with Crippen molar-refractivity contribution < 1.29 is 0 Å². The van der Waals surface area contributed by atoms with Gasteiger partial charge in [0.25, 0.3) is 0 Å². The highest BCUT2D eigenvalue weighted by atomic mass is 79.9. The first-order valence-corrected chi connectivity index (χ1v) is 6.37. The molecule has 0 atom stereocenters. The van der Waals surface area contributed by atoms with Gasteiger partial charge in [-0.1, -0.05) is 45.8 Å². The van der Waals surface area contributed by atoms with Gasteiger partial charge in [0, 0.05) is 17.1 Å². The second-order valence-electron chi connectivity index (χ2n) is 3.98. The van der Waals surface area contributed by atoms with Crippen molar-refractivity contribution in [2.75, 3.05) is 0 Å². The third-order valence-electron chi connectivity index (χ3n) is 2.51. The SMILES string of the molecule is Cc1ccc(N=CCc2ccc(Br)cc2)cc1. The van der Waals surface area contributed by atoms with Crippen LogP contribution in [-0.2, 0) is 6.42 Å². The Balaban J connectivity index is 1.97. The maximum Gasteiger partial charge on any atom is 0.0626 e. The molecule has 0 aliphatic heterocycles. The fraction of sp³-hybridized carbons (Fsp3) is 0.133. The molecule has 2 aromatic carbocycles. The smallest absolute Gasteiger partial charge is 0.0626 e. The van der Waals surface area contributed by atoms with Crippen LogP contribution in [-0.4, -0.2) is 6.21 Å². The van der Waals surface area contributed by atoms with Gasteiger partial charge in [-0.2, -0.15) is 0 Å². The van der Waals surface area contributed by atoms with Gasteiger partial charge in [0.05, 0.1) is 5.69 Å². The van der Waals surface area contributed by atoms with E-state index < -0.39 is 0 Å². The van der Waals surface area contributed by atoms with Crippen LogP contribution in [0.25, 0.3) is 0 Å². The van der Waals surface area contributed by atoms with E-state index in [0.717, 1.165) is 16.6 Å². The van der Waals surface area contributed by atoms with Crippen molar-refractivity contribution in [1.82, 2.24) is 0 Å². The summed E-state index contributed by atoms with van der Waals surface area (Å²) in [6, 6.07) is 16.5. The third-order valence-corrected chi connectivity index (χ3v) is 3.04. The molecule has 0 bridgehead atoms. The highest BCUT2D eigenvalue weighted by Gasteiger charge is 1.91. The number of hydrogen-bond donors (Lipinski definition) is 0. The minimum atomic E-state index is 0.862. The Morgan fingerprint density at radius 1 is 1.00 bits per heavy atom. The summed E-state index contributed by atoms with van der Waals surface area (Å²) in [5.74, 6) is 0. The van der Waals surface area contributed by atoms with E-state index in [1.54, 1.807) is 0 Å². The Hall–Kier alpha value is -1.41. The molecule has 0 spiro atoms. The molecule has 0 aliphatic carbocycles. The molecule has 0 amide bonds. The molecule has 1 nitrogen and oxygen atoms in total. The quantitative estimate of drug-likeness (QED) is 0.726. The predicted molar refractivity (Wildman–Crippen MR) is 77.2 cm³/mol. The van der Waals surface area contributed by atoms with Crippen LogP contribution in [0.15, 0.2) is 58.0 Å². The lowest BCUT2D eigenvalue weighted by atomic mass is 10.2. The van der Waals surface area contributed by atoms with E-state index in [4.69, 9.17) is 0 Å². The zero-order valence-corrected chi connectivity index (χ0v) is 11.3. The van der Waals surface area contributed by atoms with Crippen molar-refractivity contribution >= 4 is 27.8 Å². The molecular weight excluding hydrogens is 274 g/mol. The summed E-state index contributed by atoms with van der Waals surface area (Å²) in [5.41, 5.74) is 3.54. The largest absolute Gasteiger partial charge is 0.261 e. The molecule has 0 aromatic heterocycles. The molecule has 0 unspecified atom stereocenters. The van der Waals surface area contributed by atoms with E-state index in [0.29, 0.717) is 0 Å². The Morgan fingerprint density at radius 3 is 2.29 bits per heavy atom. The number of aryl methyl sites for hydroxylation is 1. The molecule has 0 saturated carbocycles. The third kappa shape index (κ3) is 3.82. The Bertz CT molecular complexity index is 497. The molecule has 2 heteroatoms. The highest BCUT2D eigenvalue weighted by Crippen LogP contribution is 2.13. The van der Waals surface area contributed by atoms with Crippen LogP contribution in [0.4, 0.5) is 5.69 Å². The van der Waals surface area contributed by atoms with Crippen molar-refractivity contribution in [2.24, 2.45) is 4.99 Å². The summed E-state index contributed by atoms with van der Waals surface area (Å²) in [6.45, 7) is 2.08. The zero-order valence-electron chi connectivity index (χ0n) is 9.73. The van der Waals surface area contributed by atoms with Crippen LogP contribution < -0.4 is 0 Å². The first-order chi connectivity index (χ1) is 8.24. The number of hydrogen-bond acceptors (Lipinski definition) is 1. The first kappa shape index (κ1) is 12.1. The summed E-state index contributed by atoms with van der Waals surface area (Å²) in [7, 11) is 0. The molecule has 0 fully saturated rings. The van der Waals surface area contributed by atoms with Crippen LogP contribution in [0.5, 0.6) is 0 Å². The van der Waals surface area contributed by atoms with Gasteiger partial charge in [-0.25, -0.2) is 0 Å². The Morgan fingerprint density at radius 2 is 1.65 bits per heavy atom. The molecule has 0 heterocycles. The van der Waals surface area contributed by atoms with Gasteiger partial charge in [0.1, 0.15) is 0 Å². The van der Waals surface area contributed by atoms with Gasteiger partial charge in [-0.15, -0.1) is 0 Å². The van der Waals surface area contributed by atoms with E-state index in [9.17, 15) is 0 Å². The van der Waals surface area contributed by atoms with Crippen molar-refractivity contribution in [3.63, 3.8) is 0 Å². The fourth-order valence-electron chi connectivity index (χ4n) is 1.51. The normalized spacial score (nSPS) is 10.9. The van der Waals surface area contributed by atoms with Crippen LogP contribution in [0, 0.1) is 6.92 Å². The van der Waals surface area contributed by atoms with E-state index >= 15 is 0 Å². The van der Waals surface area contributed by atoms with Gasteiger partial charge < -0.3 is 0 Å². The van der Waals surface area contributed by atoms with Crippen molar-refractivity contribution in [3.05, 3.63) is 64.1 Å². The lowest BCUT2D eigenvalue weighted by molar-refractivity contribution is 1.33. The van der Waals surface area contributed by atoms with Crippen LogP contribution in [0.2, 0.25) is 0 Å². The lowest BCUT2D eigenvalue weighted by Gasteiger charge is -1.97. The number of nitrogens with zero attached hydrogens (tertiary/aromatic N) is 1. The van der Waals surface area contributed by atoms with E-state index in [2.05, 4.69) is 64.2 Å². The van der Waals surface area contributed by atoms with E-state index in [-0.39, 0.29) is 0 Å². The van der Waals surface area contributed by atoms with Gasteiger partial charge in [0.15, 0.2) is 0 Å². The average Bonchev–Trinajstić information content (AvgIpc) is 2.34. The topological polar surface area (TPSA) is 12.4 Å². The zero-order chi connectivity index (χ0) is 12.1. The minimum absolute atomic E-state index is 0.862. The number of aliphatic imine (C=N–C) groups is 1. The van der Waals surface area contributed by atoms with E-state index in [1.165, 1.54) is 11.1 Å². The fourth-order valence-corrected chi connectivity index (χ4v) is 1.77. The molecular formula is C15H14BrN. The summed E-state index contributed by atoms with van der Waals surface area (Å²) in [5, 5.41) is 0. The standard InChI is InChI=1S/C15H14BrN/c1-12-2-8-15(9-3-12)17-11-10-13-4-6-14(16)7-5-13/h2-9,11H,10H2,1H3. The first-order valence-electron chi connectivity index (χ1n) is 5.58. The van der Waals surface area contributed by atoms with Crippen molar-refractivity contribution in [2.45, 2.75) is 13.3 Å². The minimum Gasteiger partial charge on any atom is -0.261 e. The second-order valence-corrected chi connectivity index (χ2v) is 4.89. The van der Waals surface area contributed by atoms with Gasteiger partial charge in [0.2, 0.25) is 0 Å². The summed E-state index contributed by atoms with van der Waals surface area (Å²) < 4.78 is 1.11. The molecule has 0 saturated heterocycles. The molecule has 2 aromatic rings. The molecule has 0 N–H and O–H groups in total. The Labute approximate surface area is 110 Å². The van der Waals surface area contributed by atoms with Crippen LogP contribution >= 0.6 is 15.9 Å². The lowest BCUT2D eigenvalue weighted by Crippen LogP contribution is -1.84. The van der Waals surface area contributed by atoms with E-state index in [1.807, 2.05) is 18.3 Å². The maximum atomic E-state index is 4.43. The molecule has 2 rings (SSSR count). The number of rotatable bonds is 3. The predicted octanol–water partition coefficient (Wildman–Crippen LogP) is 4.70. The maximum absolute atomic E-state index is 4.43. The number of benzene rings is 2. The highest BCUT2D eigenvalue weighted by molar-refractivity contribution is 9.10. The van der Waals surface area contributed by atoms with Crippen LogP contribution in [0.3, 0.4) is 0 Å². The molecule has 17 heavy (non-hydrogen) atoms. The summed E-state index contributed by atoms with van der Waals surface area (Å²) in [6.07, 6.45) is 2.81. The Kier molecular flexibility index (Phi) is 4.10.